The summed E-state index contributed by atoms with van der Waals surface area (Å²) in [7, 11) is 0. The van der Waals surface area contributed by atoms with Gasteiger partial charge in [-0.15, -0.1) is 5.10 Å². The molecule has 0 aromatic carbocycles. The Morgan fingerprint density at radius 1 is 1.47 bits per heavy atom. The lowest BCUT2D eigenvalue weighted by Crippen LogP contribution is -2.25. The van der Waals surface area contributed by atoms with E-state index in [4.69, 9.17) is 0 Å². The van der Waals surface area contributed by atoms with Gasteiger partial charge in [0.05, 0.1) is 5.69 Å². The van der Waals surface area contributed by atoms with Crippen molar-refractivity contribution in [2.24, 2.45) is 0 Å². The minimum Gasteiger partial charge on any atom is -0.354 e. The van der Waals surface area contributed by atoms with Crippen LogP contribution in [0.15, 0.2) is 24.5 Å². The summed E-state index contributed by atoms with van der Waals surface area (Å²) < 4.78 is 5.83. The largest absolute Gasteiger partial charge is 0.354 e. The normalized spacial score (nSPS) is 10.4. The quantitative estimate of drug-likeness (QED) is 0.817. The first-order chi connectivity index (χ1) is 8.27. The van der Waals surface area contributed by atoms with Crippen LogP contribution in [-0.4, -0.2) is 26.6 Å². The lowest BCUT2D eigenvalue weighted by atomic mass is 10.3. The highest BCUT2D eigenvalue weighted by Gasteiger charge is 2.11. The van der Waals surface area contributed by atoms with Crippen molar-refractivity contribution in [2.75, 3.05) is 6.54 Å². The number of carbonyl (C=O) groups excluding carboxylic acids is 1. The summed E-state index contributed by atoms with van der Waals surface area (Å²) in [5.74, 6) is -0.0787. The molecule has 0 aliphatic heterocycles. The number of aryl methyl sites for hydroxylation is 2. The zero-order valence-corrected chi connectivity index (χ0v) is 10.4. The summed E-state index contributed by atoms with van der Waals surface area (Å²) >= 11 is 1.14. The first-order valence-corrected chi connectivity index (χ1v) is 6.22. The van der Waals surface area contributed by atoms with E-state index in [1.807, 2.05) is 24.5 Å². The van der Waals surface area contributed by atoms with Gasteiger partial charge in [0.15, 0.2) is 0 Å². The van der Waals surface area contributed by atoms with E-state index in [-0.39, 0.29) is 5.91 Å². The Hall–Kier alpha value is -1.69. The molecule has 2 aromatic heterocycles. The second kappa shape index (κ2) is 5.58. The molecule has 0 saturated carbocycles. The van der Waals surface area contributed by atoms with E-state index in [0.717, 1.165) is 24.5 Å². The van der Waals surface area contributed by atoms with E-state index < -0.39 is 0 Å². The molecule has 0 fully saturated rings. The van der Waals surface area contributed by atoms with E-state index >= 15 is 0 Å². The van der Waals surface area contributed by atoms with Crippen molar-refractivity contribution in [2.45, 2.75) is 19.9 Å². The number of rotatable bonds is 5. The molecular formula is C11H14N4OS. The van der Waals surface area contributed by atoms with Gasteiger partial charge in [0.2, 0.25) is 0 Å². The Morgan fingerprint density at radius 3 is 2.88 bits per heavy atom. The van der Waals surface area contributed by atoms with Gasteiger partial charge in [0.1, 0.15) is 4.88 Å². The third kappa shape index (κ3) is 3.13. The van der Waals surface area contributed by atoms with Gasteiger partial charge in [-0.25, -0.2) is 0 Å². The Morgan fingerprint density at radius 2 is 2.24 bits per heavy atom. The van der Waals surface area contributed by atoms with Crippen molar-refractivity contribution in [3.05, 3.63) is 35.1 Å². The van der Waals surface area contributed by atoms with Crippen LogP contribution in [0, 0.1) is 6.92 Å². The van der Waals surface area contributed by atoms with Gasteiger partial charge in [0.25, 0.3) is 5.91 Å². The summed E-state index contributed by atoms with van der Waals surface area (Å²) in [5.41, 5.74) is 0.693. The van der Waals surface area contributed by atoms with Crippen molar-refractivity contribution in [1.82, 2.24) is 19.5 Å². The van der Waals surface area contributed by atoms with Gasteiger partial charge in [0, 0.05) is 25.5 Å². The SMILES string of the molecule is Cc1nnsc1C(=O)NCCCn1cccc1. The van der Waals surface area contributed by atoms with Gasteiger partial charge >= 0.3 is 0 Å². The fraction of sp³-hybridized carbons (Fsp3) is 0.364. The molecular weight excluding hydrogens is 236 g/mol. The number of carbonyl (C=O) groups is 1. The molecule has 2 rings (SSSR count). The fourth-order valence-electron chi connectivity index (χ4n) is 1.50. The molecule has 6 heteroatoms. The van der Waals surface area contributed by atoms with Crippen LogP contribution in [0.4, 0.5) is 0 Å². The van der Waals surface area contributed by atoms with Crippen molar-refractivity contribution in [1.29, 1.82) is 0 Å². The topological polar surface area (TPSA) is 59.8 Å². The number of nitrogens with zero attached hydrogens (tertiary/aromatic N) is 3. The third-order valence-electron chi connectivity index (χ3n) is 2.40. The highest BCUT2D eigenvalue weighted by Crippen LogP contribution is 2.08. The molecule has 90 valence electrons. The average molecular weight is 250 g/mol. The average Bonchev–Trinajstić information content (AvgIpc) is 2.95. The Labute approximate surface area is 104 Å². The van der Waals surface area contributed by atoms with Crippen molar-refractivity contribution in [3.8, 4) is 0 Å². The fourth-order valence-corrected chi connectivity index (χ4v) is 2.08. The first kappa shape index (κ1) is 11.8. The molecule has 0 spiro atoms. The van der Waals surface area contributed by atoms with E-state index in [1.165, 1.54) is 0 Å². The predicted octanol–water partition coefficient (Wildman–Crippen LogP) is 1.47. The van der Waals surface area contributed by atoms with E-state index in [0.29, 0.717) is 17.1 Å². The molecule has 1 N–H and O–H groups in total. The van der Waals surface area contributed by atoms with E-state index in [9.17, 15) is 4.79 Å². The minimum absolute atomic E-state index is 0.0787. The van der Waals surface area contributed by atoms with Gasteiger partial charge in [-0.05, 0) is 37.0 Å². The molecule has 17 heavy (non-hydrogen) atoms. The zero-order valence-electron chi connectivity index (χ0n) is 9.59. The molecule has 0 radical (unpaired) electrons. The smallest absolute Gasteiger partial charge is 0.264 e. The number of hydrogen-bond acceptors (Lipinski definition) is 4. The van der Waals surface area contributed by atoms with Gasteiger partial charge in [-0.3, -0.25) is 4.79 Å². The van der Waals surface area contributed by atoms with Crippen LogP contribution in [0.5, 0.6) is 0 Å². The van der Waals surface area contributed by atoms with Crippen LogP contribution >= 0.6 is 11.5 Å². The van der Waals surface area contributed by atoms with E-state index in [2.05, 4.69) is 19.5 Å². The standard InChI is InChI=1S/C11H14N4OS/c1-9-10(17-14-13-9)11(16)12-5-4-8-15-6-2-3-7-15/h2-3,6-7H,4-5,8H2,1H3,(H,12,16). The number of amides is 1. The predicted molar refractivity (Wildman–Crippen MR) is 66.0 cm³/mol. The Kier molecular flexibility index (Phi) is 3.87. The highest BCUT2D eigenvalue weighted by atomic mass is 32.1. The van der Waals surface area contributed by atoms with Crippen LogP contribution in [0.25, 0.3) is 0 Å². The summed E-state index contributed by atoms with van der Waals surface area (Å²) in [6, 6.07) is 3.98. The summed E-state index contributed by atoms with van der Waals surface area (Å²) in [6.45, 7) is 3.36. The molecule has 0 bridgehead atoms. The van der Waals surface area contributed by atoms with Gasteiger partial charge in [-0.1, -0.05) is 4.49 Å². The summed E-state index contributed by atoms with van der Waals surface area (Å²) in [5, 5.41) is 6.68. The second-order valence-electron chi connectivity index (χ2n) is 3.72. The van der Waals surface area contributed by atoms with Crippen LogP contribution in [0.2, 0.25) is 0 Å². The van der Waals surface area contributed by atoms with E-state index in [1.54, 1.807) is 6.92 Å². The summed E-state index contributed by atoms with van der Waals surface area (Å²) in [4.78, 5) is 12.3. The minimum atomic E-state index is -0.0787. The Bertz CT molecular complexity index is 477. The number of hydrogen-bond donors (Lipinski definition) is 1. The van der Waals surface area contributed by atoms with Crippen LogP contribution < -0.4 is 5.32 Å². The number of aromatic nitrogens is 3. The van der Waals surface area contributed by atoms with Crippen LogP contribution in [0.3, 0.4) is 0 Å². The van der Waals surface area contributed by atoms with Gasteiger partial charge in [-0.2, -0.15) is 0 Å². The molecule has 2 heterocycles. The van der Waals surface area contributed by atoms with Crippen LogP contribution in [-0.2, 0) is 6.54 Å². The lowest BCUT2D eigenvalue weighted by Gasteiger charge is -2.04. The maximum atomic E-state index is 11.7. The third-order valence-corrected chi connectivity index (χ3v) is 3.23. The monoisotopic (exact) mass is 250 g/mol. The maximum absolute atomic E-state index is 11.7. The zero-order chi connectivity index (χ0) is 12.1. The molecule has 0 aliphatic rings. The van der Waals surface area contributed by atoms with Crippen molar-refractivity contribution in [3.63, 3.8) is 0 Å². The molecule has 0 atom stereocenters. The van der Waals surface area contributed by atoms with Gasteiger partial charge < -0.3 is 9.88 Å². The lowest BCUT2D eigenvalue weighted by molar-refractivity contribution is 0.0956. The highest BCUT2D eigenvalue weighted by molar-refractivity contribution is 7.07. The molecule has 2 aromatic rings. The van der Waals surface area contributed by atoms with Crippen molar-refractivity contribution < 1.29 is 4.79 Å². The molecule has 0 saturated heterocycles. The molecule has 1 amide bonds. The Balaban J connectivity index is 1.72. The molecule has 0 unspecified atom stereocenters. The first-order valence-electron chi connectivity index (χ1n) is 5.45. The second-order valence-corrected chi connectivity index (χ2v) is 4.47. The summed E-state index contributed by atoms with van der Waals surface area (Å²) in [6.07, 6.45) is 4.93. The van der Waals surface area contributed by atoms with Crippen molar-refractivity contribution >= 4 is 17.4 Å². The number of nitrogens with one attached hydrogen (secondary N) is 1. The van der Waals surface area contributed by atoms with Crippen LogP contribution in [0.1, 0.15) is 21.8 Å². The molecule has 5 nitrogen and oxygen atoms in total. The maximum Gasteiger partial charge on any atom is 0.264 e. The molecule has 0 aliphatic carbocycles.